The third-order valence-corrected chi connectivity index (χ3v) is 8.04. The van der Waals surface area contributed by atoms with Crippen molar-refractivity contribution in [2.24, 2.45) is 11.8 Å². The number of nitrogens with one attached hydrogen (secondary N) is 1. The predicted molar refractivity (Wildman–Crippen MR) is 140 cm³/mol. The first-order chi connectivity index (χ1) is 18.4. The minimum absolute atomic E-state index is 0.00840. The topological polar surface area (TPSA) is 129 Å². The number of pyridine rings is 2. The number of nitriles is 1. The molecule has 38 heavy (non-hydrogen) atoms. The number of nitrogens with zero attached hydrogens (tertiary/aromatic N) is 5. The maximum absolute atomic E-state index is 13.3. The first-order valence-corrected chi connectivity index (χ1v) is 13.2. The van der Waals surface area contributed by atoms with E-state index in [0.717, 1.165) is 43.2 Å². The van der Waals surface area contributed by atoms with Gasteiger partial charge in [0.05, 0.1) is 11.7 Å². The van der Waals surface area contributed by atoms with E-state index in [4.69, 9.17) is 4.74 Å². The van der Waals surface area contributed by atoms with Crippen LogP contribution in [0.1, 0.15) is 65.3 Å². The van der Waals surface area contributed by atoms with E-state index in [1.165, 1.54) is 11.1 Å². The second kappa shape index (κ2) is 10.9. The van der Waals surface area contributed by atoms with Crippen LogP contribution in [0.2, 0.25) is 0 Å². The fourth-order valence-corrected chi connectivity index (χ4v) is 5.62. The monoisotopic (exact) mass is 516 g/mol. The van der Waals surface area contributed by atoms with Gasteiger partial charge in [-0.3, -0.25) is 19.8 Å². The third kappa shape index (κ3) is 4.98. The Morgan fingerprint density at radius 3 is 2.76 bits per heavy atom. The summed E-state index contributed by atoms with van der Waals surface area (Å²) in [6.45, 7) is 3.37. The molecule has 198 valence electrons. The van der Waals surface area contributed by atoms with Crippen molar-refractivity contribution in [3.8, 4) is 6.07 Å². The molecule has 0 aromatic carbocycles. The summed E-state index contributed by atoms with van der Waals surface area (Å²) in [5.74, 6) is 1.23. The summed E-state index contributed by atoms with van der Waals surface area (Å²) in [6.07, 6.45) is 7.37. The zero-order valence-electron chi connectivity index (χ0n) is 21.8. The number of aryl methyl sites for hydroxylation is 1. The van der Waals surface area contributed by atoms with Gasteiger partial charge in [0, 0.05) is 44.4 Å². The summed E-state index contributed by atoms with van der Waals surface area (Å²) in [5.41, 5.74) is 3.13. The fourth-order valence-electron chi connectivity index (χ4n) is 5.62. The zero-order chi connectivity index (χ0) is 26.8. The Hall–Kier alpha value is -3.84. The molecule has 0 bridgehead atoms. The van der Waals surface area contributed by atoms with Crippen molar-refractivity contribution in [2.75, 3.05) is 30.4 Å². The summed E-state index contributed by atoms with van der Waals surface area (Å²) < 4.78 is 5.50. The highest BCUT2D eigenvalue weighted by atomic mass is 16.5. The van der Waals surface area contributed by atoms with Crippen LogP contribution >= 0.6 is 0 Å². The number of ether oxygens (including phenoxy) is 1. The van der Waals surface area contributed by atoms with Gasteiger partial charge in [-0.05, 0) is 67.7 Å². The summed E-state index contributed by atoms with van der Waals surface area (Å²) in [7, 11) is 1.70. The lowest BCUT2D eigenvalue weighted by Gasteiger charge is -2.35. The molecule has 1 aliphatic carbocycles. The van der Waals surface area contributed by atoms with Crippen molar-refractivity contribution in [3.63, 3.8) is 0 Å². The van der Waals surface area contributed by atoms with E-state index >= 15 is 0 Å². The average molecular weight is 517 g/mol. The fraction of sp³-hybridized carbons (Fsp3) is 0.500. The van der Waals surface area contributed by atoms with Crippen LogP contribution in [-0.4, -0.2) is 59.4 Å². The second-order valence-corrected chi connectivity index (χ2v) is 10.4. The van der Waals surface area contributed by atoms with Gasteiger partial charge in [0.25, 0.3) is 0 Å². The van der Waals surface area contributed by atoms with Crippen molar-refractivity contribution in [2.45, 2.75) is 58.1 Å². The number of urea groups is 1. The van der Waals surface area contributed by atoms with Gasteiger partial charge < -0.3 is 9.64 Å². The summed E-state index contributed by atoms with van der Waals surface area (Å²) in [6, 6.07) is 5.46. The molecule has 1 saturated heterocycles. The molecule has 3 amide bonds. The number of anilines is 2. The number of amides is 3. The zero-order valence-corrected chi connectivity index (χ0v) is 21.8. The Bertz CT molecular complexity index is 1300. The quantitative estimate of drug-likeness (QED) is 0.558. The Kier molecular flexibility index (Phi) is 7.38. The lowest BCUT2D eigenvalue weighted by Crippen LogP contribution is -2.40. The molecule has 2 aliphatic heterocycles. The normalized spacial score (nSPS) is 22.4. The number of likely N-dealkylation sites (tertiary alicyclic amines) is 1. The number of aromatic nitrogens is 2. The minimum atomic E-state index is -0.395. The van der Waals surface area contributed by atoms with E-state index in [0.29, 0.717) is 61.0 Å². The first kappa shape index (κ1) is 25.8. The molecular weight excluding hydrogens is 484 g/mol. The lowest BCUT2D eigenvalue weighted by atomic mass is 9.77. The molecule has 0 spiro atoms. The number of rotatable bonds is 7. The van der Waals surface area contributed by atoms with E-state index in [1.807, 2.05) is 13.0 Å². The highest BCUT2D eigenvalue weighted by molar-refractivity contribution is 6.01. The average Bonchev–Trinajstić information content (AvgIpc) is 3.22. The smallest absolute Gasteiger partial charge is 0.328 e. The van der Waals surface area contributed by atoms with E-state index in [-0.39, 0.29) is 23.6 Å². The molecule has 3 aliphatic rings. The number of aldehydes is 1. The molecule has 1 unspecified atom stereocenters. The van der Waals surface area contributed by atoms with Gasteiger partial charge >= 0.3 is 6.03 Å². The van der Waals surface area contributed by atoms with E-state index < -0.39 is 6.03 Å². The van der Waals surface area contributed by atoms with Crippen LogP contribution in [0.5, 0.6) is 0 Å². The molecule has 3 atom stereocenters. The Morgan fingerprint density at radius 2 is 2.11 bits per heavy atom. The minimum Gasteiger partial charge on any atom is -0.381 e. The first-order valence-electron chi connectivity index (χ1n) is 13.2. The van der Waals surface area contributed by atoms with Gasteiger partial charge in [0.1, 0.15) is 23.4 Å². The van der Waals surface area contributed by atoms with Crippen LogP contribution in [0.3, 0.4) is 0 Å². The molecule has 5 rings (SSSR count). The molecule has 4 heterocycles. The highest BCUT2D eigenvalue weighted by Crippen LogP contribution is 2.34. The van der Waals surface area contributed by atoms with E-state index in [9.17, 15) is 19.6 Å². The molecule has 0 radical (unpaired) electrons. The number of hydrogen-bond acceptors (Lipinski definition) is 7. The van der Waals surface area contributed by atoms with Crippen LogP contribution < -0.4 is 10.2 Å². The summed E-state index contributed by atoms with van der Waals surface area (Å²) in [5, 5.41) is 12.4. The Balaban J connectivity index is 1.35. The number of methoxy groups -OCH3 is 1. The number of fused-ring (bicyclic) bond motifs is 1. The summed E-state index contributed by atoms with van der Waals surface area (Å²) >= 11 is 0. The highest BCUT2D eigenvalue weighted by Gasteiger charge is 2.32. The van der Waals surface area contributed by atoms with E-state index in [2.05, 4.69) is 21.4 Å². The molecule has 10 heteroatoms. The van der Waals surface area contributed by atoms with Crippen LogP contribution in [0.25, 0.3) is 0 Å². The largest absolute Gasteiger partial charge is 0.381 e. The number of carbonyl (C=O) groups excluding carboxylic acids is 3. The summed E-state index contributed by atoms with van der Waals surface area (Å²) in [4.78, 5) is 49.8. The van der Waals surface area contributed by atoms with Gasteiger partial charge in [-0.15, -0.1) is 0 Å². The molecule has 1 N–H and O–H groups in total. The molecular formula is C28H32N6O4. The Morgan fingerprint density at radius 1 is 1.26 bits per heavy atom. The van der Waals surface area contributed by atoms with Crippen LogP contribution in [0, 0.1) is 23.2 Å². The van der Waals surface area contributed by atoms with Crippen molar-refractivity contribution in [1.29, 1.82) is 5.26 Å². The maximum atomic E-state index is 13.3. The van der Waals surface area contributed by atoms with Gasteiger partial charge in [0.2, 0.25) is 5.91 Å². The molecule has 10 nitrogen and oxygen atoms in total. The molecule has 2 fully saturated rings. The van der Waals surface area contributed by atoms with Crippen LogP contribution in [0.4, 0.5) is 16.4 Å². The molecule has 2 aromatic heterocycles. The number of hydrogen-bond donors (Lipinski definition) is 1. The van der Waals surface area contributed by atoms with Gasteiger partial charge in [-0.25, -0.2) is 14.8 Å². The standard InChI is InChI=1S/C28H32N6O4/c1-17-7-9-33(27(17)36)15-21-11-19-4-3-8-34(26(19)31-23(21)16-35)28(37)32-25-12-20(22(13-29)14-30-25)10-18-5-6-24(18)38-2/h11-12,14,16-18,24H,3-10,15H2,1-2H3,(H,30,32,37)/t17?,18-,24+/m0/s1. The lowest BCUT2D eigenvalue weighted by molar-refractivity contribution is -0.131. The van der Waals surface area contributed by atoms with Crippen LogP contribution in [-0.2, 0) is 28.9 Å². The van der Waals surface area contributed by atoms with Gasteiger partial charge in [0.15, 0.2) is 6.29 Å². The van der Waals surface area contributed by atoms with Gasteiger partial charge in [-0.1, -0.05) is 6.92 Å². The molecule has 2 aromatic rings. The van der Waals surface area contributed by atoms with Crippen molar-refractivity contribution < 1.29 is 19.1 Å². The van der Waals surface area contributed by atoms with Crippen LogP contribution in [0.15, 0.2) is 18.3 Å². The number of carbonyl (C=O) groups is 3. The maximum Gasteiger partial charge on any atom is 0.328 e. The van der Waals surface area contributed by atoms with Crippen molar-refractivity contribution in [1.82, 2.24) is 14.9 Å². The second-order valence-electron chi connectivity index (χ2n) is 10.4. The Labute approximate surface area is 222 Å². The van der Waals surface area contributed by atoms with Crippen molar-refractivity contribution in [3.05, 3.63) is 46.3 Å². The van der Waals surface area contributed by atoms with Gasteiger partial charge in [-0.2, -0.15) is 5.26 Å². The SMILES string of the molecule is CO[C@@H]1CC[C@H]1Cc1cc(NC(=O)N2CCCc3cc(CN4CCC(C)C4=O)c(C=O)nc32)ncc1C#N. The molecule has 1 saturated carbocycles. The van der Waals surface area contributed by atoms with E-state index in [1.54, 1.807) is 18.1 Å². The van der Waals surface area contributed by atoms with Crippen molar-refractivity contribution >= 4 is 29.9 Å². The predicted octanol–water partition coefficient (Wildman–Crippen LogP) is 3.48. The third-order valence-electron chi connectivity index (χ3n) is 8.04.